The van der Waals surface area contributed by atoms with E-state index in [0.29, 0.717) is 0 Å². The van der Waals surface area contributed by atoms with Crippen LogP contribution in [0.25, 0.3) is 53.1 Å². The maximum absolute atomic E-state index is 3.72. The zero-order valence-corrected chi connectivity index (χ0v) is 17.2. The van der Waals surface area contributed by atoms with Crippen molar-refractivity contribution in [3.8, 4) is 11.1 Å². The van der Waals surface area contributed by atoms with Crippen molar-refractivity contribution >= 4 is 53.3 Å². The summed E-state index contributed by atoms with van der Waals surface area (Å²) in [6, 6.07) is 27.1. The highest BCUT2D eigenvalue weighted by Crippen LogP contribution is 2.50. The quantitative estimate of drug-likeness (QED) is 0.271. The van der Waals surface area contributed by atoms with Gasteiger partial charge in [-0.1, -0.05) is 56.3 Å². The van der Waals surface area contributed by atoms with Gasteiger partial charge < -0.3 is 4.98 Å². The van der Waals surface area contributed by atoms with Crippen LogP contribution >= 0.6 is 11.3 Å². The average Bonchev–Trinajstić information content (AvgIpc) is 3.34. The highest BCUT2D eigenvalue weighted by Gasteiger charge is 2.35. The molecule has 6 aromatic rings. The third-order valence-electron chi connectivity index (χ3n) is 6.80. The molecule has 0 spiro atoms. The number of rotatable bonds is 0. The van der Waals surface area contributed by atoms with Gasteiger partial charge >= 0.3 is 0 Å². The Balaban J connectivity index is 1.61. The van der Waals surface area contributed by atoms with Crippen LogP contribution in [-0.2, 0) is 5.41 Å². The Morgan fingerprint density at radius 3 is 2.31 bits per heavy atom. The highest BCUT2D eigenvalue weighted by molar-refractivity contribution is 7.25. The van der Waals surface area contributed by atoms with Gasteiger partial charge in [0.2, 0.25) is 0 Å². The second kappa shape index (κ2) is 5.08. The Morgan fingerprint density at radius 2 is 1.38 bits per heavy atom. The van der Waals surface area contributed by atoms with Crippen LogP contribution in [0.2, 0.25) is 0 Å². The Morgan fingerprint density at radius 1 is 0.621 bits per heavy atom. The van der Waals surface area contributed by atoms with Crippen molar-refractivity contribution in [2.24, 2.45) is 0 Å². The van der Waals surface area contributed by atoms with Gasteiger partial charge in [-0.15, -0.1) is 11.3 Å². The fourth-order valence-corrected chi connectivity index (χ4v) is 6.44. The van der Waals surface area contributed by atoms with Crippen molar-refractivity contribution in [2.75, 3.05) is 0 Å². The third-order valence-corrected chi connectivity index (χ3v) is 7.93. The fraction of sp³-hybridized carbons (Fsp3) is 0.111. The predicted molar refractivity (Wildman–Crippen MR) is 126 cm³/mol. The summed E-state index contributed by atoms with van der Waals surface area (Å²) >= 11 is 1.88. The summed E-state index contributed by atoms with van der Waals surface area (Å²) < 4.78 is 2.71. The van der Waals surface area contributed by atoms with E-state index in [-0.39, 0.29) is 5.41 Å². The van der Waals surface area contributed by atoms with Gasteiger partial charge in [-0.2, -0.15) is 0 Å². The molecule has 29 heavy (non-hydrogen) atoms. The molecular formula is C27H19NS. The minimum atomic E-state index is 0.0357. The molecule has 7 rings (SSSR count). The van der Waals surface area contributed by atoms with E-state index in [4.69, 9.17) is 0 Å². The zero-order valence-electron chi connectivity index (χ0n) is 16.3. The van der Waals surface area contributed by atoms with Gasteiger partial charge in [-0.05, 0) is 52.6 Å². The van der Waals surface area contributed by atoms with Gasteiger partial charge in [0, 0.05) is 47.4 Å². The summed E-state index contributed by atoms with van der Waals surface area (Å²) in [6.07, 6.45) is 0. The van der Waals surface area contributed by atoms with Gasteiger partial charge in [0.25, 0.3) is 0 Å². The first-order chi connectivity index (χ1) is 14.1. The number of hydrogen-bond acceptors (Lipinski definition) is 1. The third kappa shape index (κ3) is 1.90. The van der Waals surface area contributed by atoms with Gasteiger partial charge in [0.05, 0.1) is 0 Å². The topological polar surface area (TPSA) is 15.8 Å². The standard InChI is InChI=1S/C27H19NS/c1-27(2)21-9-5-3-7-15(21)17-11-18-19-12-20-16-8-4-6-10-25(16)29-26(20)14-24(19)28-23(18)13-22(17)27/h3-14,28H,1-2H3. The Hall–Kier alpha value is -3.10. The molecule has 0 saturated heterocycles. The number of thiophene rings is 1. The SMILES string of the molecule is CC1(C)c2ccccc2-c2cc3c(cc21)[nH]c1cc2sc4ccccc4c2cc13. The molecule has 0 fully saturated rings. The van der Waals surface area contributed by atoms with E-state index in [2.05, 4.69) is 91.6 Å². The number of aromatic amines is 1. The summed E-state index contributed by atoms with van der Waals surface area (Å²) in [6.45, 7) is 4.68. The summed E-state index contributed by atoms with van der Waals surface area (Å²) in [5.74, 6) is 0. The Bertz CT molecular complexity index is 1630. The van der Waals surface area contributed by atoms with Crippen molar-refractivity contribution in [2.45, 2.75) is 19.3 Å². The van der Waals surface area contributed by atoms with Crippen molar-refractivity contribution in [1.82, 2.24) is 4.98 Å². The molecule has 2 aromatic heterocycles. The van der Waals surface area contributed by atoms with E-state index in [1.165, 1.54) is 64.2 Å². The number of hydrogen-bond donors (Lipinski definition) is 1. The van der Waals surface area contributed by atoms with Crippen LogP contribution in [0.1, 0.15) is 25.0 Å². The van der Waals surface area contributed by atoms with E-state index in [0.717, 1.165) is 0 Å². The van der Waals surface area contributed by atoms with Crippen LogP contribution < -0.4 is 0 Å². The molecule has 4 aromatic carbocycles. The molecule has 0 unspecified atom stereocenters. The van der Waals surface area contributed by atoms with E-state index >= 15 is 0 Å². The fourth-order valence-electron chi connectivity index (χ4n) is 5.32. The molecular weight excluding hydrogens is 370 g/mol. The molecule has 1 aliphatic carbocycles. The second-order valence-electron chi connectivity index (χ2n) is 8.73. The van der Waals surface area contributed by atoms with Gasteiger partial charge in [-0.3, -0.25) is 0 Å². The highest BCUT2D eigenvalue weighted by atomic mass is 32.1. The average molecular weight is 390 g/mol. The molecule has 0 amide bonds. The normalized spacial score (nSPS) is 14.8. The molecule has 0 radical (unpaired) electrons. The smallest absolute Gasteiger partial charge is 0.0479 e. The summed E-state index contributed by atoms with van der Waals surface area (Å²) in [4.78, 5) is 3.72. The lowest BCUT2D eigenvalue weighted by Gasteiger charge is -2.21. The molecule has 2 heteroatoms. The number of H-pyrrole nitrogens is 1. The minimum Gasteiger partial charge on any atom is -0.354 e. The monoisotopic (exact) mass is 389 g/mol. The van der Waals surface area contributed by atoms with E-state index in [1.807, 2.05) is 11.3 Å². The lowest BCUT2D eigenvalue weighted by molar-refractivity contribution is 0.661. The van der Waals surface area contributed by atoms with Crippen LogP contribution in [0.15, 0.2) is 72.8 Å². The van der Waals surface area contributed by atoms with Crippen LogP contribution in [-0.4, -0.2) is 4.98 Å². The van der Waals surface area contributed by atoms with Crippen molar-refractivity contribution < 1.29 is 0 Å². The lowest BCUT2D eigenvalue weighted by Crippen LogP contribution is -2.14. The molecule has 0 saturated carbocycles. The molecule has 0 aliphatic heterocycles. The Kier molecular flexibility index (Phi) is 2.77. The van der Waals surface area contributed by atoms with E-state index in [9.17, 15) is 0 Å². The predicted octanol–water partition coefficient (Wildman–Crippen LogP) is 8.00. The maximum Gasteiger partial charge on any atom is 0.0479 e. The van der Waals surface area contributed by atoms with Gasteiger partial charge in [0.1, 0.15) is 0 Å². The number of nitrogens with one attached hydrogen (secondary N) is 1. The first-order valence-corrected chi connectivity index (χ1v) is 10.9. The zero-order chi connectivity index (χ0) is 19.3. The largest absolute Gasteiger partial charge is 0.354 e. The minimum absolute atomic E-state index is 0.0357. The number of fused-ring (bicyclic) bond motifs is 9. The number of benzene rings is 4. The van der Waals surface area contributed by atoms with Crippen LogP contribution in [0.5, 0.6) is 0 Å². The van der Waals surface area contributed by atoms with Crippen LogP contribution in [0.4, 0.5) is 0 Å². The summed E-state index contributed by atoms with van der Waals surface area (Å²) in [5, 5.41) is 5.36. The van der Waals surface area contributed by atoms with Crippen molar-refractivity contribution in [3.63, 3.8) is 0 Å². The van der Waals surface area contributed by atoms with Gasteiger partial charge in [-0.25, -0.2) is 0 Å². The first-order valence-electron chi connectivity index (χ1n) is 10.1. The van der Waals surface area contributed by atoms with Crippen molar-refractivity contribution in [3.05, 3.63) is 83.9 Å². The molecule has 1 nitrogen and oxygen atoms in total. The first kappa shape index (κ1) is 15.8. The lowest BCUT2D eigenvalue weighted by atomic mass is 9.82. The van der Waals surface area contributed by atoms with E-state index < -0.39 is 0 Å². The second-order valence-corrected chi connectivity index (χ2v) is 9.81. The van der Waals surface area contributed by atoms with Gasteiger partial charge in [0.15, 0.2) is 0 Å². The van der Waals surface area contributed by atoms with E-state index in [1.54, 1.807) is 0 Å². The molecule has 0 bridgehead atoms. The van der Waals surface area contributed by atoms with Crippen LogP contribution in [0.3, 0.4) is 0 Å². The molecule has 2 heterocycles. The summed E-state index contributed by atoms with van der Waals surface area (Å²) in [7, 11) is 0. The molecule has 1 aliphatic rings. The maximum atomic E-state index is 3.72. The molecule has 138 valence electrons. The van der Waals surface area contributed by atoms with Crippen molar-refractivity contribution in [1.29, 1.82) is 0 Å². The van der Waals surface area contributed by atoms with Crippen LogP contribution in [0, 0.1) is 0 Å². The Labute approximate surface area is 172 Å². The molecule has 0 atom stereocenters. The molecule has 1 N–H and O–H groups in total. The summed E-state index contributed by atoms with van der Waals surface area (Å²) in [5.41, 5.74) is 8.12. The number of aromatic nitrogens is 1.